The molecule has 0 bridgehead atoms. The van der Waals surface area contributed by atoms with Crippen molar-refractivity contribution in [2.75, 3.05) is 13.1 Å². The number of amides is 1. The number of benzene rings is 2. The first-order chi connectivity index (χ1) is 12.6. The van der Waals surface area contributed by atoms with Crippen molar-refractivity contribution in [3.8, 4) is 5.75 Å². The molecule has 0 heterocycles. The second-order valence-corrected chi connectivity index (χ2v) is 7.19. The predicted octanol–water partition coefficient (Wildman–Crippen LogP) is 3.39. The van der Waals surface area contributed by atoms with E-state index in [1.165, 1.54) is 18.4 Å². The Balaban J connectivity index is 1.55. The minimum atomic E-state index is -0.245. The molecule has 138 valence electrons. The maximum atomic E-state index is 11.6. The molecule has 0 radical (unpaired) electrons. The minimum Gasteiger partial charge on any atom is -0.489 e. The number of nitrogens with zero attached hydrogens (tertiary/aromatic N) is 1. The van der Waals surface area contributed by atoms with Gasteiger partial charge in [-0.2, -0.15) is 0 Å². The van der Waals surface area contributed by atoms with E-state index in [1.54, 1.807) is 0 Å². The van der Waals surface area contributed by atoms with E-state index in [9.17, 15) is 4.79 Å². The number of rotatable bonds is 10. The summed E-state index contributed by atoms with van der Waals surface area (Å²) < 4.78 is 5.91. The molecule has 2 aromatic carbocycles. The Hall–Kier alpha value is -2.33. The lowest BCUT2D eigenvalue weighted by Crippen LogP contribution is -2.44. The van der Waals surface area contributed by atoms with Crippen LogP contribution in [0.5, 0.6) is 5.75 Å². The molecule has 0 saturated heterocycles. The van der Waals surface area contributed by atoms with Gasteiger partial charge in [0.15, 0.2) is 0 Å². The standard InChI is InChI=1S/C22H28N2O2/c1-17(22(23)25)24(15-19-10-11-19)13-12-18-8-5-9-21(14-18)26-16-20-6-3-2-4-7-20/h2-9,14,17,19H,10-13,15-16H2,1H3,(H2,23,25). The zero-order valence-corrected chi connectivity index (χ0v) is 15.4. The third-order valence-corrected chi connectivity index (χ3v) is 4.98. The van der Waals surface area contributed by atoms with Gasteiger partial charge in [0, 0.05) is 13.1 Å². The average Bonchev–Trinajstić information content (AvgIpc) is 3.48. The molecular weight excluding hydrogens is 324 g/mol. The van der Waals surface area contributed by atoms with Crippen LogP contribution in [0, 0.1) is 5.92 Å². The molecule has 1 aliphatic carbocycles. The van der Waals surface area contributed by atoms with Gasteiger partial charge in [-0.05, 0) is 55.4 Å². The van der Waals surface area contributed by atoms with E-state index in [-0.39, 0.29) is 11.9 Å². The molecule has 1 aliphatic rings. The van der Waals surface area contributed by atoms with Crippen molar-refractivity contribution in [1.29, 1.82) is 0 Å². The molecule has 0 aromatic heterocycles. The Labute approximate surface area is 156 Å². The quantitative estimate of drug-likeness (QED) is 0.713. The number of carbonyl (C=O) groups is 1. The van der Waals surface area contributed by atoms with Crippen LogP contribution in [-0.2, 0) is 17.8 Å². The summed E-state index contributed by atoms with van der Waals surface area (Å²) in [7, 11) is 0. The number of primary amides is 1. The molecule has 3 rings (SSSR count). The summed E-state index contributed by atoms with van der Waals surface area (Å²) in [5.41, 5.74) is 7.89. The van der Waals surface area contributed by atoms with Gasteiger partial charge in [0.1, 0.15) is 12.4 Å². The molecule has 4 nitrogen and oxygen atoms in total. The van der Waals surface area contributed by atoms with Crippen molar-refractivity contribution in [2.45, 2.75) is 38.8 Å². The lowest BCUT2D eigenvalue weighted by molar-refractivity contribution is -0.122. The molecule has 2 aromatic rings. The second-order valence-electron chi connectivity index (χ2n) is 7.19. The second kappa shape index (κ2) is 8.86. The van der Waals surface area contributed by atoms with Crippen molar-refractivity contribution >= 4 is 5.91 Å². The number of hydrogen-bond acceptors (Lipinski definition) is 3. The number of nitrogens with two attached hydrogens (primary N) is 1. The van der Waals surface area contributed by atoms with Gasteiger partial charge in [0.2, 0.25) is 5.91 Å². The highest BCUT2D eigenvalue weighted by atomic mass is 16.5. The molecule has 1 unspecified atom stereocenters. The van der Waals surface area contributed by atoms with Crippen LogP contribution in [0.15, 0.2) is 54.6 Å². The number of carbonyl (C=O) groups excluding carboxylic acids is 1. The fourth-order valence-corrected chi connectivity index (χ4v) is 3.06. The van der Waals surface area contributed by atoms with Crippen LogP contribution in [0.1, 0.15) is 30.9 Å². The highest BCUT2D eigenvalue weighted by Gasteiger charge is 2.28. The monoisotopic (exact) mass is 352 g/mol. The van der Waals surface area contributed by atoms with Gasteiger partial charge in [-0.25, -0.2) is 0 Å². The smallest absolute Gasteiger partial charge is 0.234 e. The molecule has 1 atom stereocenters. The van der Waals surface area contributed by atoms with Crippen molar-refractivity contribution in [2.24, 2.45) is 11.7 Å². The van der Waals surface area contributed by atoms with E-state index in [1.807, 2.05) is 37.3 Å². The number of hydrogen-bond donors (Lipinski definition) is 1. The van der Waals surface area contributed by atoms with Gasteiger partial charge < -0.3 is 10.5 Å². The summed E-state index contributed by atoms with van der Waals surface area (Å²) in [6, 6.07) is 18.2. The van der Waals surface area contributed by atoms with E-state index in [4.69, 9.17) is 10.5 Å². The fraction of sp³-hybridized carbons (Fsp3) is 0.409. The van der Waals surface area contributed by atoms with Crippen LogP contribution < -0.4 is 10.5 Å². The van der Waals surface area contributed by atoms with Crippen LogP contribution in [0.2, 0.25) is 0 Å². The van der Waals surface area contributed by atoms with Crippen molar-refractivity contribution < 1.29 is 9.53 Å². The normalized spacial score (nSPS) is 15.0. The summed E-state index contributed by atoms with van der Waals surface area (Å²) >= 11 is 0. The van der Waals surface area contributed by atoms with Gasteiger partial charge in [0.05, 0.1) is 6.04 Å². The van der Waals surface area contributed by atoms with E-state index in [0.717, 1.165) is 36.7 Å². The topological polar surface area (TPSA) is 55.6 Å². The molecule has 4 heteroatoms. The Morgan fingerprint density at radius 3 is 2.58 bits per heavy atom. The molecule has 26 heavy (non-hydrogen) atoms. The lowest BCUT2D eigenvalue weighted by atomic mass is 10.1. The van der Waals surface area contributed by atoms with Crippen LogP contribution in [0.4, 0.5) is 0 Å². The Bertz CT molecular complexity index is 713. The molecule has 1 saturated carbocycles. The van der Waals surface area contributed by atoms with E-state index in [0.29, 0.717) is 6.61 Å². The van der Waals surface area contributed by atoms with Crippen molar-refractivity contribution in [3.63, 3.8) is 0 Å². The van der Waals surface area contributed by atoms with Gasteiger partial charge in [-0.3, -0.25) is 9.69 Å². The SMILES string of the molecule is CC(C(N)=O)N(CCc1cccc(OCc2ccccc2)c1)CC1CC1. The van der Waals surface area contributed by atoms with Gasteiger partial charge in [-0.1, -0.05) is 42.5 Å². The third-order valence-electron chi connectivity index (χ3n) is 4.98. The first-order valence-electron chi connectivity index (χ1n) is 9.41. The first-order valence-corrected chi connectivity index (χ1v) is 9.41. The third kappa shape index (κ3) is 5.60. The minimum absolute atomic E-state index is 0.215. The highest BCUT2D eigenvalue weighted by Crippen LogP contribution is 2.30. The zero-order valence-electron chi connectivity index (χ0n) is 15.4. The molecule has 0 spiro atoms. The van der Waals surface area contributed by atoms with E-state index < -0.39 is 0 Å². The first kappa shape index (κ1) is 18.5. The summed E-state index contributed by atoms with van der Waals surface area (Å²) in [6.45, 7) is 4.28. The highest BCUT2D eigenvalue weighted by molar-refractivity contribution is 5.79. The van der Waals surface area contributed by atoms with E-state index >= 15 is 0 Å². The summed E-state index contributed by atoms with van der Waals surface area (Å²) in [5, 5.41) is 0. The predicted molar refractivity (Wildman–Crippen MR) is 104 cm³/mol. The lowest BCUT2D eigenvalue weighted by Gasteiger charge is -2.27. The van der Waals surface area contributed by atoms with E-state index in [2.05, 4.69) is 29.2 Å². The summed E-state index contributed by atoms with van der Waals surface area (Å²) in [6.07, 6.45) is 3.42. The molecule has 1 fully saturated rings. The van der Waals surface area contributed by atoms with Crippen molar-refractivity contribution in [3.05, 3.63) is 65.7 Å². The molecule has 0 aliphatic heterocycles. The number of ether oxygens (including phenoxy) is 1. The van der Waals surface area contributed by atoms with Crippen LogP contribution >= 0.6 is 0 Å². The summed E-state index contributed by atoms with van der Waals surface area (Å²) in [5.74, 6) is 1.37. The average molecular weight is 352 g/mol. The van der Waals surface area contributed by atoms with Gasteiger partial charge in [0.25, 0.3) is 0 Å². The van der Waals surface area contributed by atoms with Crippen LogP contribution in [0.3, 0.4) is 0 Å². The molecule has 2 N–H and O–H groups in total. The Morgan fingerprint density at radius 1 is 1.15 bits per heavy atom. The molecule has 1 amide bonds. The van der Waals surface area contributed by atoms with Crippen LogP contribution in [-0.4, -0.2) is 29.9 Å². The Morgan fingerprint density at radius 2 is 1.88 bits per heavy atom. The zero-order chi connectivity index (χ0) is 18.4. The molecular formula is C22H28N2O2. The largest absolute Gasteiger partial charge is 0.489 e. The summed E-state index contributed by atoms with van der Waals surface area (Å²) in [4.78, 5) is 13.8. The maximum Gasteiger partial charge on any atom is 0.234 e. The van der Waals surface area contributed by atoms with Crippen molar-refractivity contribution in [1.82, 2.24) is 4.90 Å². The van der Waals surface area contributed by atoms with Crippen LogP contribution in [0.25, 0.3) is 0 Å². The Kier molecular flexibility index (Phi) is 6.29. The van der Waals surface area contributed by atoms with Gasteiger partial charge >= 0.3 is 0 Å². The van der Waals surface area contributed by atoms with Gasteiger partial charge in [-0.15, -0.1) is 0 Å². The fourth-order valence-electron chi connectivity index (χ4n) is 3.06. The maximum absolute atomic E-state index is 11.6.